The third-order valence-electron chi connectivity index (χ3n) is 6.22. The zero-order valence-electron chi connectivity index (χ0n) is 18.1. The number of Topliss-reactive ketones (excluding diaryl/α,β-unsaturated/α-hetero) is 1. The highest BCUT2D eigenvalue weighted by atomic mass is 16.5. The van der Waals surface area contributed by atoms with Crippen LogP contribution in [0.5, 0.6) is 11.5 Å². The van der Waals surface area contributed by atoms with Gasteiger partial charge in [0.25, 0.3) is 11.7 Å². The minimum Gasteiger partial charge on any atom is -0.507 e. The molecule has 0 spiro atoms. The van der Waals surface area contributed by atoms with E-state index in [1.54, 1.807) is 24.1 Å². The summed E-state index contributed by atoms with van der Waals surface area (Å²) in [6.45, 7) is 1.90. The molecule has 4 rings (SSSR count). The summed E-state index contributed by atoms with van der Waals surface area (Å²) in [6.07, 6.45) is 3.73. The average Bonchev–Trinajstić information content (AvgIpc) is 3.40. The van der Waals surface area contributed by atoms with Crippen molar-refractivity contribution in [2.24, 2.45) is 0 Å². The Morgan fingerprint density at radius 2 is 1.77 bits per heavy atom. The van der Waals surface area contributed by atoms with Gasteiger partial charge in [0.15, 0.2) is 0 Å². The lowest BCUT2D eigenvalue weighted by atomic mass is 9.94. The molecular formula is C25H27NO5. The minimum absolute atomic E-state index is 0.0302. The highest BCUT2D eigenvalue weighted by Crippen LogP contribution is 2.44. The lowest BCUT2D eigenvalue weighted by Gasteiger charge is -2.31. The molecule has 1 unspecified atom stereocenters. The van der Waals surface area contributed by atoms with Crippen LogP contribution in [0.4, 0.5) is 0 Å². The van der Waals surface area contributed by atoms with Crippen LogP contribution in [0.3, 0.4) is 0 Å². The number of rotatable bonds is 5. The van der Waals surface area contributed by atoms with Crippen molar-refractivity contribution in [3.63, 3.8) is 0 Å². The predicted octanol–water partition coefficient (Wildman–Crippen LogP) is 4.38. The SMILES string of the molecule is COc1cccc(C2/C(=C(\O)c3cc(C)ccc3OC)C(=O)C(=O)N2C2CCCC2)c1. The molecule has 2 fully saturated rings. The number of ketones is 1. The summed E-state index contributed by atoms with van der Waals surface area (Å²) in [5.41, 5.74) is 2.14. The quantitative estimate of drug-likeness (QED) is 0.441. The Morgan fingerprint density at radius 3 is 2.45 bits per heavy atom. The number of nitrogens with zero attached hydrogens (tertiary/aromatic N) is 1. The summed E-state index contributed by atoms with van der Waals surface area (Å²) in [7, 11) is 3.09. The van der Waals surface area contributed by atoms with Gasteiger partial charge >= 0.3 is 0 Å². The van der Waals surface area contributed by atoms with Crippen LogP contribution < -0.4 is 9.47 Å². The summed E-state index contributed by atoms with van der Waals surface area (Å²) < 4.78 is 10.8. The fraction of sp³-hybridized carbons (Fsp3) is 0.360. The first-order valence-corrected chi connectivity index (χ1v) is 10.5. The van der Waals surface area contributed by atoms with E-state index < -0.39 is 17.7 Å². The third-order valence-corrected chi connectivity index (χ3v) is 6.22. The summed E-state index contributed by atoms with van der Waals surface area (Å²) in [4.78, 5) is 28.1. The van der Waals surface area contributed by atoms with Gasteiger partial charge in [-0.15, -0.1) is 0 Å². The molecule has 1 aliphatic heterocycles. The van der Waals surface area contributed by atoms with Crippen LogP contribution in [0.1, 0.15) is 48.4 Å². The standard InChI is InChI=1S/C25H27NO5/c1-15-11-12-20(31-3)19(13-15)23(27)21-22(16-7-6-10-18(14-16)30-2)26(25(29)24(21)28)17-8-4-5-9-17/h6-7,10-14,17,22,27H,4-5,8-9H2,1-3H3/b23-21+. The number of hydrogen-bond acceptors (Lipinski definition) is 5. The fourth-order valence-corrected chi connectivity index (χ4v) is 4.70. The first kappa shape index (κ1) is 21.0. The van der Waals surface area contributed by atoms with Gasteiger partial charge in [-0.3, -0.25) is 9.59 Å². The zero-order valence-corrected chi connectivity index (χ0v) is 18.1. The van der Waals surface area contributed by atoms with E-state index in [4.69, 9.17) is 9.47 Å². The summed E-state index contributed by atoms with van der Waals surface area (Å²) in [5, 5.41) is 11.3. The van der Waals surface area contributed by atoms with Crippen molar-refractivity contribution in [3.05, 3.63) is 64.7 Å². The largest absolute Gasteiger partial charge is 0.507 e. The second-order valence-corrected chi connectivity index (χ2v) is 8.12. The summed E-state index contributed by atoms with van der Waals surface area (Å²) >= 11 is 0. The topological polar surface area (TPSA) is 76.1 Å². The molecule has 6 nitrogen and oxygen atoms in total. The van der Waals surface area contributed by atoms with Crippen LogP contribution in [-0.2, 0) is 9.59 Å². The molecule has 2 aromatic carbocycles. The Balaban J connectivity index is 1.94. The van der Waals surface area contributed by atoms with E-state index in [1.807, 2.05) is 37.3 Å². The van der Waals surface area contributed by atoms with Crippen LogP contribution in [-0.4, -0.2) is 42.0 Å². The zero-order chi connectivity index (χ0) is 22.1. The van der Waals surface area contributed by atoms with E-state index in [-0.39, 0.29) is 17.4 Å². The average molecular weight is 421 g/mol. The second kappa shape index (κ2) is 8.46. The predicted molar refractivity (Wildman–Crippen MR) is 117 cm³/mol. The van der Waals surface area contributed by atoms with Crippen molar-refractivity contribution < 1.29 is 24.2 Å². The molecule has 1 atom stereocenters. The van der Waals surface area contributed by atoms with Crippen molar-refractivity contribution in [3.8, 4) is 11.5 Å². The maximum Gasteiger partial charge on any atom is 0.295 e. The van der Waals surface area contributed by atoms with Crippen molar-refractivity contribution in [1.82, 2.24) is 4.90 Å². The van der Waals surface area contributed by atoms with Crippen LogP contribution in [0.15, 0.2) is 48.0 Å². The van der Waals surface area contributed by atoms with Crippen molar-refractivity contribution in [2.45, 2.75) is 44.7 Å². The van der Waals surface area contributed by atoms with Gasteiger partial charge in [-0.2, -0.15) is 0 Å². The highest BCUT2D eigenvalue weighted by Gasteiger charge is 2.49. The fourth-order valence-electron chi connectivity index (χ4n) is 4.70. The van der Waals surface area contributed by atoms with Crippen molar-refractivity contribution >= 4 is 17.4 Å². The Hall–Kier alpha value is -3.28. The van der Waals surface area contributed by atoms with E-state index in [9.17, 15) is 14.7 Å². The molecule has 31 heavy (non-hydrogen) atoms. The number of carbonyl (C=O) groups excluding carboxylic acids is 2. The molecule has 0 bridgehead atoms. The van der Waals surface area contributed by atoms with Gasteiger partial charge < -0.3 is 19.5 Å². The molecule has 1 amide bonds. The van der Waals surface area contributed by atoms with Crippen LogP contribution in [0, 0.1) is 6.92 Å². The highest BCUT2D eigenvalue weighted by molar-refractivity contribution is 6.46. The van der Waals surface area contributed by atoms with E-state index in [0.29, 0.717) is 17.1 Å². The first-order valence-electron chi connectivity index (χ1n) is 10.5. The second-order valence-electron chi connectivity index (χ2n) is 8.12. The third kappa shape index (κ3) is 3.67. The van der Waals surface area contributed by atoms with E-state index in [0.717, 1.165) is 36.8 Å². The molecule has 2 aromatic rings. The van der Waals surface area contributed by atoms with Gasteiger partial charge in [-0.05, 0) is 49.6 Å². The van der Waals surface area contributed by atoms with E-state index in [1.165, 1.54) is 7.11 Å². The van der Waals surface area contributed by atoms with Crippen LogP contribution in [0.25, 0.3) is 5.76 Å². The number of likely N-dealkylation sites (tertiary alicyclic amines) is 1. The minimum atomic E-state index is -0.677. The van der Waals surface area contributed by atoms with E-state index in [2.05, 4.69) is 0 Å². The smallest absolute Gasteiger partial charge is 0.295 e. The number of methoxy groups -OCH3 is 2. The van der Waals surface area contributed by atoms with Gasteiger partial charge in [-0.25, -0.2) is 0 Å². The van der Waals surface area contributed by atoms with Gasteiger partial charge in [0.2, 0.25) is 0 Å². The summed E-state index contributed by atoms with van der Waals surface area (Å²) in [6, 6.07) is 12.0. The molecular weight excluding hydrogens is 394 g/mol. The molecule has 2 aliphatic rings. The Morgan fingerprint density at radius 1 is 1.03 bits per heavy atom. The van der Waals surface area contributed by atoms with Crippen LogP contribution >= 0.6 is 0 Å². The lowest BCUT2D eigenvalue weighted by molar-refractivity contribution is -0.141. The number of aryl methyl sites for hydroxylation is 1. The molecule has 1 N–H and O–H groups in total. The molecule has 0 aromatic heterocycles. The molecule has 6 heteroatoms. The molecule has 1 heterocycles. The van der Waals surface area contributed by atoms with Crippen molar-refractivity contribution in [2.75, 3.05) is 14.2 Å². The number of hydrogen-bond donors (Lipinski definition) is 1. The number of carbonyl (C=O) groups is 2. The number of aliphatic hydroxyl groups excluding tert-OH is 1. The molecule has 1 saturated heterocycles. The van der Waals surface area contributed by atoms with Gasteiger partial charge in [0, 0.05) is 6.04 Å². The molecule has 162 valence electrons. The maximum atomic E-state index is 13.2. The van der Waals surface area contributed by atoms with Gasteiger partial charge in [0.05, 0.1) is 31.4 Å². The number of aliphatic hydroxyl groups is 1. The summed E-state index contributed by atoms with van der Waals surface area (Å²) in [5.74, 6) is -0.372. The van der Waals surface area contributed by atoms with E-state index >= 15 is 0 Å². The van der Waals surface area contributed by atoms with Gasteiger partial charge in [0.1, 0.15) is 17.3 Å². The van der Waals surface area contributed by atoms with Gasteiger partial charge in [-0.1, -0.05) is 36.6 Å². The maximum absolute atomic E-state index is 13.2. The molecule has 1 saturated carbocycles. The van der Waals surface area contributed by atoms with Crippen molar-refractivity contribution in [1.29, 1.82) is 0 Å². The Bertz CT molecular complexity index is 1050. The molecule has 0 radical (unpaired) electrons. The number of ether oxygens (including phenoxy) is 2. The lowest BCUT2D eigenvalue weighted by Crippen LogP contribution is -2.37. The Kier molecular flexibility index (Phi) is 5.72. The number of benzene rings is 2. The molecule has 1 aliphatic carbocycles. The number of amides is 1. The van der Waals surface area contributed by atoms with Crippen LogP contribution in [0.2, 0.25) is 0 Å². The first-order chi connectivity index (χ1) is 15.0. The monoisotopic (exact) mass is 421 g/mol. The Labute approximate surface area is 182 Å². The normalized spacial score (nSPS) is 21.0.